The first-order valence-electron chi connectivity index (χ1n) is 6.33. The highest BCUT2D eigenvalue weighted by molar-refractivity contribution is 6.31. The van der Waals surface area contributed by atoms with E-state index in [1.54, 1.807) is 6.33 Å². The van der Waals surface area contributed by atoms with Crippen molar-refractivity contribution in [3.05, 3.63) is 40.7 Å². The van der Waals surface area contributed by atoms with E-state index in [1.807, 2.05) is 26.1 Å². The van der Waals surface area contributed by atoms with Gasteiger partial charge < -0.3 is 5.32 Å². The van der Waals surface area contributed by atoms with Gasteiger partial charge in [-0.3, -0.25) is 0 Å². The van der Waals surface area contributed by atoms with Crippen LogP contribution < -0.4 is 5.32 Å². The van der Waals surface area contributed by atoms with Crippen molar-refractivity contribution < 1.29 is 0 Å². The molecule has 0 radical (unpaired) electrons. The average Bonchev–Trinajstić information content (AvgIpc) is 2.40. The summed E-state index contributed by atoms with van der Waals surface area (Å²) in [5.74, 6) is 1.20. The maximum absolute atomic E-state index is 6.21. The van der Waals surface area contributed by atoms with Crippen LogP contribution in [0.25, 0.3) is 11.3 Å². The molecular weight excluding hydrogens is 258 g/mol. The van der Waals surface area contributed by atoms with Gasteiger partial charge in [-0.2, -0.15) is 0 Å². The Bertz CT molecular complexity index is 594. The number of aromatic nitrogens is 2. The number of anilines is 1. The minimum Gasteiger partial charge on any atom is -0.373 e. The van der Waals surface area contributed by atoms with Crippen LogP contribution in [0.2, 0.25) is 5.02 Å². The third-order valence-corrected chi connectivity index (χ3v) is 3.55. The molecule has 0 bridgehead atoms. The van der Waals surface area contributed by atoms with Crippen LogP contribution in [-0.2, 0) is 0 Å². The number of nitrogens with one attached hydrogen (secondary N) is 1. The van der Waals surface area contributed by atoms with Gasteiger partial charge in [0.05, 0.1) is 5.69 Å². The SMILES string of the molecule is CNc1ncnc(-c2ccc(C)c(Cl)c2)c1C(C)C. The highest BCUT2D eigenvalue weighted by Gasteiger charge is 2.15. The summed E-state index contributed by atoms with van der Waals surface area (Å²) in [5.41, 5.74) is 4.15. The first-order chi connectivity index (χ1) is 9.04. The second-order valence-corrected chi connectivity index (χ2v) is 5.26. The van der Waals surface area contributed by atoms with Crippen LogP contribution in [0.3, 0.4) is 0 Å². The fraction of sp³-hybridized carbons (Fsp3) is 0.333. The Balaban J connectivity index is 2.64. The molecule has 1 aromatic carbocycles. The zero-order chi connectivity index (χ0) is 14.0. The average molecular weight is 276 g/mol. The summed E-state index contributed by atoms with van der Waals surface area (Å²) < 4.78 is 0. The van der Waals surface area contributed by atoms with Gasteiger partial charge in [-0.1, -0.05) is 37.6 Å². The molecule has 4 heteroatoms. The van der Waals surface area contributed by atoms with Gasteiger partial charge in [0.25, 0.3) is 0 Å². The normalized spacial score (nSPS) is 10.8. The summed E-state index contributed by atoms with van der Waals surface area (Å²) in [6.07, 6.45) is 1.58. The van der Waals surface area contributed by atoms with Crippen LogP contribution in [0.4, 0.5) is 5.82 Å². The topological polar surface area (TPSA) is 37.8 Å². The Labute approximate surface area is 119 Å². The molecule has 0 unspecified atom stereocenters. The van der Waals surface area contributed by atoms with E-state index < -0.39 is 0 Å². The lowest BCUT2D eigenvalue weighted by Gasteiger charge is -2.16. The zero-order valence-corrected chi connectivity index (χ0v) is 12.4. The molecule has 2 rings (SSSR count). The van der Waals surface area contributed by atoms with E-state index in [1.165, 1.54) is 0 Å². The number of hydrogen-bond acceptors (Lipinski definition) is 3. The molecule has 0 fully saturated rings. The summed E-state index contributed by atoms with van der Waals surface area (Å²) in [4.78, 5) is 8.73. The molecule has 0 aliphatic carbocycles. The molecule has 100 valence electrons. The lowest BCUT2D eigenvalue weighted by atomic mass is 9.97. The van der Waals surface area contributed by atoms with Crippen molar-refractivity contribution in [3.63, 3.8) is 0 Å². The van der Waals surface area contributed by atoms with Gasteiger partial charge in [0.15, 0.2) is 0 Å². The monoisotopic (exact) mass is 275 g/mol. The quantitative estimate of drug-likeness (QED) is 0.909. The molecule has 0 aliphatic rings. The minimum atomic E-state index is 0.332. The molecule has 0 spiro atoms. The third kappa shape index (κ3) is 2.71. The molecule has 0 aliphatic heterocycles. The lowest BCUT2D eigenvalue weighted by Crippen LogP contribution is -2.04. The van der Waals surface area contributed by atoms with Gasteiger partial charge in [-0.15, -0.1) is 0 Å². The Kier molecular flexibility index (Phi) is 4.05. The van der Waals surface area contributed by atoms with Crippen LogP contribution in [0.15, 0.2) is 24.5 Å². The lowest BCUT2D eigenvalue weighted by molar-refractivity contribution is 0.852. The predicted octanol–water partition coefficient (Wildman–Crippen LogP) is 4.27. The van der Waals surface area contributed by atoms with E-state index in [2.05, 4.69) is 35.2 Å². The molecule has 1 heterocycles. The van der Waals surface area contributed by atoms with E-state index in [0.717, 1.165) is 33.2 Å². The van der Waals surface area contributed by atoms with Gasteiger partial charge in [0.2, 0.25) is 0 Å². The van der Waals surface area contributed by atoms with Crippen molar-refractivity contribution in [3.8, 4) is 11.3 Å². The number of benzene rings is 1. The molecule has 0 amide bonds. The van der Waals surface area contributed by atoms with Crippen molar-refractivity contribution >= 4 is 17.4 Å². The predicted molar refractivity (Wildman–Crippen MR) is 80.9 cm³/mol. The highest BCUT2D eigenvalue weighted by Crippen LogP contribution is 2.33. The van der Waals surface area contributed by atoms with Crippen molar-refractivity contribution in [2.75, 3.05) is 12.4 Å². The molecule has 1 N–H and O–H groups in total. The number of hydrogen-bond donors (Lipinski definition) is 1. The van der Waals surface area contributed by atoms with Gasteiger partial charge in [-0.25, -0.2) is 9.97 Å². The highest BCUT2D eigenvalue weighted by atomic mass is 35.5. The van der Waals surface area contributed by atoms with Gasteiger partial charge in [0.1, 0.15) is 12.1 Å². The number of nitrogens with zero attached hydrogens (tertiary/aromatic N) is 2. The molecule has 3 nitrogen and oxygen atoms in total. The van der Waals surface area contributed by atoms with Crippen molar-refractivity contribution in [2.24, 2.45) is 0 Å². The van der Waals surface area contributed by atoms with Gasteiger partial charge >= 0.3 is 0 Å². The van der Waals surface area contributed by atoms with E-state index >= 15 is 0 Å². The standard InChI is InChI=1S/C15H18ClN3/c1-9(2)13-14(18-8-19-15(13)17-4)11-6-5-10(3)12(16)7-11/h5-9H,1-4H3,(H,17,18,19). The number of rotatable bonds is 3. The first-order valence-corrected chi connectivity index (χ1v) is 6.71. The van der Waals surface area contributed by atoms with Crippen LogP contribution >= 0.6 is 11.6 Å². The van der Waals surface area contributed by atoms with E-state index in [4.69, 9.17) is 11.6 Å². The molecule has 1 aromatic heterocycles. The third-order valence-electron chi connectivity index (χ3n) is 3.14. The van der Waals surface area contributed by atoms with E-state index in [9.17, 15) is 0 Å². The van der Waals surface area contributed by atoms with E-state index in [-0.39, 0.29) is 0 Å². The Morgan fingerprint density at radius 2 is 1.95 bits per heavy atom. The largest absolute Gasteiger partial charge is 0.373 e. The minimum absolute atomic E-state index is 0.332. The van der Waals surface area contributed by atoms with Crippen molar-refractivity contribution in [2.45, 2.75) is 26.7 Å². The Hall–Kier alpha value is -1.61. The van der Waals surface area contributed by atoms with Crippen LogP contribution in [0.1, 0.15) is 30.9 Å². The van der Waals surface area contributed by atoms with Gasteiger partial charge in [-0.05, 0) is 24.5 Å². The zero-order valence-electron chi connectivity index (χ0n) is 11.7. The fourth-order valence-electron chi connectivity index (χ4n) is 2.11. The fourth-order valence-corrected chi connectivity index (χ4v) is 2.29. The van der Waals surface area contributed by atoms with Crippen LogP contribution in [0.5, 0.6) is 0 Å². The van der Waals surface area contributed by atoms with Crippen LogP contribution in [-0.4, -0.2) is 17.0 Å². The maximum Gasteiger partial charge on any atom is 0.133 e. The summed E-state index contributed by atoms with van der Waals surface area (Å²) >= 11 is 6.21. The smallest absolute Gasteiger partial charge is 0.133 e. The summed E-state index contributed by atoms with van der Waals surface area (Å²) in [6, 6.07) is 6.03. The number of aryl methyl sites for hydroxylation is 1. The Morgan fingerprint density at radius 1 is 1.21 bits per heavy atom. The maximum atomic E-state index is 6.21. The van der Waals surface area contributed by atoms with Crippen molar-refractivity contribution in [1.29, 1.82) is 0 Å². The van der Waals surface area contributed by atoms with E-state index in [0.29, 0.717) is 5.92 Å². The molecule has 0 saturated carbocycles. The molecule has 19 heavy (non-hydrogen) atoms. The summed E-state index contributed by atoms with van der Waals surface area (Å²) in [5, 5.41) is 3.89. The Morgan fingerprint density at radius 3 is 2.53 bits per heavy atom. The molecular formula is C15H18ClN3. The first kappa shape index (κ1) is 13.8. The molecule has 2 aromatic rings. The molecule has 0 atom stereocenters. The summed E-state index contributed by atoms with van der Waals surface area (Å²) in [6.45, 7) is 6.27. The van der Waals surface area contributed by atoms with Crippen molar-refractivity contribution in [1.82, 2.24) is 9.97 Å². The van der Waals surface area contributed by atoms with Gasteiger partial charge in [0, 0.05) is 23.2 Å². The number of halogens is 1. The second-order valence-electron chi connectivity index (χ2n) is 4.85. The second kappa shape index (κ2) is 5.57. The summed E-state index contributed by atoms with van der Waals surface area (Å²) in [7, 11) is 1.88. The van der Waals surface area contributed by atoms with Crippen LogP contribution in [0, 0.1) is 6.92 Å². The molecule has 0 saturated heterocycles.